The highest BCUT2D eigenvalue weighted by atomic mass is 16.6. The molecule has 4 rings (SSSR count). The molecule has 0 saturated carbocycles. The maximum absolute atomic E-state index is 12.3. The van der Waals surface area contributed by atoms with E-state index in [2.05, 4.69) is 19.9 Å². The van der Waals surface area contributed by atoms with E-state index in [-0.39, 0.29) is 21.7 Å². The van der Waals surface area contributed by atoms with Crippen molar-refractivity contribution in [3.63, 3.8) is 0 Å². The predicted molar refractivity (Wildman–Crippen MR) is 88.2 cm³/mol. The van der Waals surface area contributed by atoms with Crippen LogP contribution in [0.5, 0.6) is 0 Å². The Morgan fingerprint density at radius 3 is 2.00 bits per heavy atom. The number of rotatable bonds is 3. The molecule has 2 heterocycles. The van der Waals surface area contributed by atoms with Gasteiger partial charge in [-0.1, -0.05) is 24.3 Å². The molecule has 24 heavy (non-hydrogen) atoms. The topological polar surface area (TPSA) is 97.9 Å². The van der Waals surface area contributed by atoms with Crippen molar-refractivity contribution in [2.75, 3.05) is 5.17 Å². The van der Waals surface area contributed by atoms with Gasteiger partial charge in [-0.15, -0.1) is 0 Å². The van der Waals surface area contributed by atoms with Crippen LogP contribution in [0.1, 0.15) is 0 Å². The molecule has 0 aliphatic rings. The van der Waals surface area contributed by atoms with Crippen LogP contribution in [-0.2, 0) is 0 Å². The third-order valence-corrected chi connectivity index (χ3v) is 3.43. The van der Waals surface area contributed by atoms with E-state index >= 15 is 0 Å². The fourth-order valence-electron chi connectivity index (χ4n) is 2.27. The Bertz CT molecular complexity index is 1070. The second-order valence-electron chi connectivity index (χ2n) is 4.98. The SMILES string of the molecule is O=[N+](c1cnc2ccccc2n1)N([O-])c1cnc2ccccc2n1. The lowest BCUT2D eigenvalue weighted by molar-refractivity contribution is -0.473. The van der Waals surface area contributed by atoms with Crippen molar-refractivity contribution < 1.29 is 4.87 Å². The molecule has 116 valence electrons. The van der Waals surface area contributed by atoms with Crippen molar-refractivity contribution in [1.29, 1.82) is 0 Å². The highest BCUT2D eigenvalue weighted by Gasteiger charge is 2.20. The van der Waals surface area contributed by atoms with E-state index in [1.807, 2.05) is 12.1 Å². The number of para-hydroxylation sites is 4. The Kier molecular flexibility index (Phi) is 3.29. The van der Waals surface area contributed by atoms with E-state index in [0.717, 1.165) is 0 Å². The molecule has 0 N–H and O–H groups in total. The van der Waals surface area contributed by atoms with E-state index in [0.29, 0.717) is 22.1 Å². The number of hydrogen-bond acceptors (Lipinski definition) is 6. The zero-order valence-corrected chi connectivity index (χ0v) is 12.3. The van der Waals surface area contributed by atoms with E-state index in [4.69, 9.17) is 0 Å². The maximum atomic E-state index is 12.3. The molecule has 4 aromatic rings. The summed E-state index contributed by atoms with van der Waals surface area (Å²) in [6.07, 6.45) is 2.49. The van der Waals surface area contributed by atoms with E-state index < -0.39 is 0 Å². The van der Waals surface area contributed by atoms with Gasteiger partial charge >= 0.3 is 5.82 Å². The second kappa shape index (κ2) is 5.60. The molecule has 8 heteroatoms. The quantitative estimate of drug-likeness (QED) is 0.423. The van der Waals surface area contributed by atoms with Crippen LogP contribution < -0.4 is 5.17 Å². The number of aromatic nitrogens is 4. The number of anilines is 1. The average Bonchev–Trinajstić information content (AvgIpc) is 2.66. The Morgan fingerprint density at radius 1 is 0.792 bits per heavy atom. The van der Waals surface area contributed by atoms with Gasteiger partial charge in [-0.25, -0.2) is 15.1 Å². The van der Waals surface area contributed by atoms with Gasteiger partial charge < -0.3 is 5.21 Å². The molecule has 2 aromatic carbocycles. The first-order valence-electron chi connectivity index (χ1n) is 7.10. The highest BCUT2D eigenvalue weighted by Crippen LogP contribution is 2.19. The fraction of sp³-hybridized carbons (Fsp3) is 0. The summed E-state index contributed by atoms with van der Waals surface area (Å²) in [7, 11) is 0. The first-order valence-corrected chi connectivity index (χ1v) is 7.10. The summed E-state index contributed by atoms with van der Waals surface area (Å²) >= 11 is 0. The van der Waals surface area contributed by atoms with Crippen LogP contribution in [0.25, 0.3) is 22.1 Å². The third-order valence-electron chi connectivity index (χ3n) is 3.43. The van der Waals surface area contributed by atoms with Crippen LogP contribution in [-0.4, -0.2) is 24.8 Å². The summed E-state index contributed by atoms with van der Waals surface area (Å²) in [5.41, 5.74) is 2.32. The van der Waals surface area contributed by atoms with Crippen LogP contribution in [0.2, 0.25) is 0 Å². The fourth-order valence-corrected chi connectivity index (χ4v) is 2.27. The van der Waals surface area contributed by atoms with Gasteiger partial charge in [-0.2, -0.15) is 0 Å². The largest absolute Gasteiger partial charge is 0.716 e. The summed E-state index contributed by atoms with van der Waals surface area (Å²) in [4.78, 5) is 28.9. The standard InChI is InChI=1S/C16H10N6O2/c23-21(15-9-17-11-5-1-3-7-13(11)19-15)22(24)16-10-18-12-6-2-4-8-14(12)20-16/h1-10H. The zero-order valence-electron chi connectivity index (χ0n) is 12.3. The predicted octanol–water partition coefficient (Wildman–Crippen LogP) is 2.90. The van der Waals surface area contributed by atoms with Crippen molar-refractivity contribution in [2.45, 2.75) is 0 Å². The first kappa shape index (κ1) is 14.1. The van der Waals surface area contributed by atoms with E-state index in [1.54, 1.807) is 36.4 Å². The Balaban J connectivity index is 1.70. The Labute approximate surface area is 135 Å². The number of nitrogens with zero attached hydrogens (tertiary/aromatic N) is 6. The molecular weight excluding hydrogens is 308 g/mol. The highest BCUT2D eigenvalue weighted by molar-refractivity contribution is 5.75. The van der Waals surface area contributed by atoms with Gasteiger partial charge in [-0.05, 0) is 34.2 Å². The third kappa shape index (κ3) is 2.40. The maximum Gasteiger partial charge on any atom is 0.407 e. The molecule has 0 radical (unpaired) electrons. The van der Waals surface area contributed by atoms with Gasteiger partial charge in [-0.3, -0.25) is 4.98 Å². The van der Waals surface area contributed by atoms with Crippen molar-refractivity contribution in [3.05, 3.63) is 71.0 Å². The van der Waals surface area contributed by atoms with Crippen molar-refractivity contribution >= 4 is 33.7 Å². The normalized spacial score (nSPS) is 10.9. The van der Waals surface area contributed by atoms with Crippen LogP contribution in [0.3, 0.4) is 0 Å². The summed E-state index contributed by atoms with van der Waals surface area (Å²) in [5, 5.41) is 12.4. The monoisotopic (exact) mass is 318 g/mol. The molecule has 0 atom stereocenters. The van der Waals surface area contributed by atoms with E-state index in [1.165, 1.54) is 12.4 Å². The summed E-state index contributed by atoms with van der Waals surface area (Å²) < 4.78 is 0. The van der Waals surface area contributed by atoms with Crippen molar-refractivity contribution in [3.8, 4) is 0 Å². The summed E-state index contributed by atoms with van der Waals surface area (Å²) in [5.74, 6) is -0.252. The molecule has 2 aromatic heterocycles. The Hall–Kier alpha value is -3.52. The molecule has 0 spiro atoms. The molecule has 0 fully saturated rings. The lowest BCUT2D eigenvalue weighted by atomic mass is 10.3. The summed E-state index contributed by atoms with van der Waals surface area (Å²) in [6.45, 7) is 0. The minimum atomic E-state index is -0.126. The van der Waals surface area contributed by atoms with Gasteiger partial charge in [0.25, 0.3) is 0 Å². The molecule has 0 aliphatic heterocycles. The zero-order chi connectivity index (χ0) is 16.5. The van der Waals surface area contributed by atoms with Gasteiger partial charge in [0.05, 0.1) is 22.1 Å². The van der Waals surface area contributed by atoms with Gasteiger partial charge in [0.15, 0.2) is 5.82 Å². The molecular formula is C16H10N6O2. The number of hydrogen-bond donors (Lipinski definition) is 0. The number of fused-ring (bicyclic) bond motifs is 2. The smallest absolute Gasteiger partial charge is 0.407 e. The minimum Gasteiger partial charge on any atom is -0.716 e. The number of nitroso groups, excluding NO2 is 1. The number of hydrazine groups is 1. The average molecular weight is 318 g/mol. The Morgan fingerprint density at radius 2 is 1.33 bits per heavy atom. The van der Waals surface area contributed by atoms with Gasteiger partial charge in [0.1, 0.15) is 11.7 Å². The van der Waals surface area contributed by atoms with E-state index in [9.17, 15) is 10.1 Å². The molecule has 0 saturated heterocycles. The van der Waals surface area contributed by atoms with Gasteiger partial charge in [0, 0.05) is 0 Å². The molecule has 0 amide bonds. The number of benzene rings is 2. The van der Waals surface area contributed by atoms with Crippen LogP contribution >= 0.6 is 0 Å². The van der Waals surface area contributed by atoms with Crippen LogP contribution in [0.15, 0.2) is 60.9 Å². The summed E-state index contributed by atoms with van der Waals surface area (Å²) in [6, 6.07) is 14.2. The van der Waals surface area contributed by atoms with Crippen molar-refractivity contribution in [1.82, 2.24) is 19.9 Å². The minimum absolute atomic E-state index is 0.0955. The lowest BCUT2D eigenvalue weighted by Gasteiger charge is -2.20. The lowest BCUT2D eigenvalue weighted by Crippen LogP contribution is -2.25. The molecule has 0 bridgehead atoms. The second-order valence-corrected chi connectivity index (χ2v) is 4.98. The first-order chi connectivity index (χ1) is 11.7. The molecule has 0 unspecified atom stereocenters. The van der Waals surface area contributed by atoms with Crippen LogP contribution in [0.4, 0.5) is 11.6 Å². The van der Waals surface area contributed by atoms with Crippen molar-refractivity contribution in [2.24, 2.45) is 0 Å². The molecule has 0 aliphatic carbocycles. The van der Waals surface area contributed by atoms with Gasteiger partial charge in [0.2, 0.25) is 5.52 Å². The van der Waals surface area contributed by atoms with Crippen LogP contribution in [0, 0.1) is 10.1 Å². The molecule has 8 nitrogen and oxygen atoms in total.